The Kier molecular flexibility index (Phi) is 47.3. The Morgan fingerprint density at radius 3 is 0.707 bits per heavy atom. The smallest absolute Gasteiger partial charge is 0.129 e. The van der Waals surface area contributed by atoms with Crippen molar-refractivity contribution in [2.24, 2.45) is 0 Å². The summed E-state index contributed by atoms with van der Waals surface area (Å²) in [6.45, 7) is 60.4. The number of pyridine rings is 7. The van der Waals surface area contributed by atoms with Gasteiger partial charge in [-0.3, -0.25) is 54.5 Å². The van der Waals surface area contributed by atoms with E-state index >= 15 is 0 Å². The zero-order valence-electron chi connectivity index (χ0n) is 93.3. The molecule has 818 valence electrons. The average molecular weight is 2040 g/mol. The van der Waals surface area contributed by atoms with Crippen LogP contribution in [0.15, 0.2) is 110 Å². The highest BCUT2D eigenvalue weighted by atomic mass is 19.1. The van der Waals surface area contributed by atoms with E-state index in [1.807, 2.05) is 66.7 Å². The van der Waals surface area contributed by atoms with E-state index < -0.39 is 36.8 Å². The number of morpholine rings is 4. The summed E-state index contributed by atoms with van der Waals surface area (Å²) < 4.78 is 62.2. The fourth-order valence-corrected chi connectivity index (χ4v) is 21.4. The van der Waals surface area contributed by atoms with Gasteiger partial charge in [0.2, 0.25) is 0 Å². The summed E-state index contributed by atoms with van der Waals surface area (Å²) in [5.41, 5.74) is 19.1. The molecule has 31 heteroatoms. The third-order valence-electron chi connectivity index (χ3n) is 30.4. The fraction of sp³-hybridized carbons (Fsp3) is 0.698. The number of nitrogens with zero attached hydrogens (tertiary/aromatic N) is 21. The molecule has 0 amide bonds. The molecular formula is C116H186F3N21O7. The summed E-state index contributed by atoms with van der Waals surface area (Å²) in [5, 5.41) is 29.3. The molecule has 0 bridgehead atoms. The molecule has 0 aliphatic carbocycles. The van der Waals surface area contributed by atoms with Crippen LogP contribution in [-0.4, -0.2) is 385 Å². The van der Waals surface area contributed by atoms with E-state index in [1.54, 1.807) is 0 Å². The maximum Gasteiger partial charge on any atom is 0.129 e. The van der Waals surface area contributed by atoms with Crippen molar-refractivity contribution >= 4 is 39.8 Å². The van der Waals surface area contributed by atoms with Crippen LogP contribution in [0, 0.1) is 0 Å². The number of anilines is 7. The Morgan fingerprint density at radius 2 is 0.490 bits per heavy atom. The van der Waals surface area contributed by atoms with Crippen LogP contribution in [0.4, 0.5) is 53.0 Å². The molecule has 18 heterocycles. The lowest BCUT2D eigenvalue weighted by molar-refractivity contribution is 0.0115. The molecule has 7 aromatic rings. The van der Waals surface area contributed by atoms with Gasteiger partial charge in [0.05, 0.1) is 135 Å². The molecule has 0 saturated carbocycles. The monoisotopic (exact) mass is 2040 g/mol. The number of aromatic nitrogens is 7. The Balaban J connectivity index is 0.000000152. The molecule has 0 spiro atoms. The van der Waals surface area contributed by atoms with Crippen molar-refractivity contribution < 1.29 is 47.4 Å². The number of aliphatic hydroxyl groups is 3. The standard InChI is InChI=1S/4C17H27N3O.3C16H26FN3O/c1-14(2)17-4-3-16(13-18-17)19-7-5-15(6-8-19)20-9-11-21-12-10-20;3*1-14(2)17-6-5-15(12-18-17)20-7-3-4-16(13-20)19-8-10-21-11-9-19;3*1-11(2)13-5-6-15(14(18-13)9-19(3)4)20-8-7-12(17)16(21)10-20/h3-4,13-15H,5-12H2,1-2H3;3*5-6,12,14,16H,3-4,7-11,13H2,1-2H3;3*5-6,11-12,16,21H,7-10H2,1-4H3/t;2*16-;;12-,16+;12-,16-;/m.10.01./s1. The predicted octanol–water partition coefficient (Wildman–Crippen LogP) is 16.6. The van der Waals surface area contributed by atoms with E-state index in [1.165, 1.54) is 96.9 Å². The number of β-amino-alcohol motifs (C(OH)–C–C–N with tert-alkyl or cyclic N) is 3. The van der Waals surface area contributed by atoms with Crippen LogP contribution in [0.1, 0.15) is 266 Å². The van der Waals surface area contributed by atoms with Crippen molar-refractivity contribution in [3.8, 4) is 0 Å². The van der Waals surface area contributed by atoms with Gasteiger partial charge in [-0.25, -0.2) is 13.2 Å². The second kappa shape index (κ2) is 59.2. The first-order valence-electron chi connectivity index (χ1n) is 55.9. The molecule has 9 atom stereocenters. The lowest BCUT2D eigenvalue weighted by Gasteiger charge is -2.41. The van der Waals surface area contributed by atoms with Gasteiger partial charge in [0.25, 0.3) is 0 Å². The number of hydrogen-bond donors (Lipinski definition) is 3. The summed E-state index contributed by atoms with van der Waals surface area (Å²) in [5.74, 6) is 3.14. The summed E-state index contributed by atoms with van der Waals surface area (Å²) in [7, 11) is 12.1. The predicted molar refractivity (Wildman–Crippen MR) is 594 cm³/mol. The zero-order chi connectivity index (χ0) is 105. The van der Waals surface area contributed by atoms with Gasteiger partial charge in [0.1, 0.15) is 36.8 Å². The van der Waals surface area contributed by atoms with Crippen LogP contribution in [0.2, 0.25) is 0 Å². The minimum absolute atomic E-state index is 0.338. The first-order valence-corrected chi connectivity index (χ1v) is 55.9. The number of aliphatic hydroxyl groups excluding tert-OH is 3. The van der Waals surface area contributed by atoms with E-state index in [0.717, 1.165) is 234 Å². The van der Waals surface area contributed by atoms with Crippen LogP contribution in [0.25, 0.3) is 0 Å². The van der Waals surface area contributed by atoms with Crippen molar-refractivity contribution in [2.45, 2.75) is 290 Å². The number of halogens is 3. The van der Waals surface area contributed by atoms with Gasteiger partial charge >= 0.3 is 0 Å². The molecule has 11 aliphatic rings. The van der Waals surface area contributed by atoms with Crippen LogP contribution in [-0.2, 0) is 38.6 Å². The molecule has 11 fully saturated rings. The lowest BCUT2D eigenvalue weighted by atomic mass is 10.0. The quantitative estimate of drug-likeness (QED) is 0.0510. The largest absolute Gasteiger partial charge is 0.388 e. The van der Waals surface area contributed by atoms with E-state index in [4.69, 9.17) is 33.9 Å². The van der Waals surface area contributed by atoms with Crippen molar-refractivity contribution in [3.05, 3.63) is 167 Å². The normalized spacial score (nSPS) is 23.6. The zero-order valence-corrected chi connectivity index (χ0v) is 93.3. The number of piperidine rings is 7. The van der Waals surface area contributed by atoms with Gasteiger partial charge in [-0.05, 0) is 239 Å². The Bertz CT molecular complexity index is 4480. The van der Waals surface area contributed by atoms with Gasteiger partial charge in [0, 0.05) is 228 Å². The molecular weight excluding hydrogens is 1860 g/mol. The Hall–Kier alpha value is -8.12. The number of ether oxygens (including phenoxy) is 4. The number of alkyl halides is 3. The van der Waals surface area contributed by atoms with Crippen molar-refractivity contribution in [3.63, 3.8) is 0 Å². The fourth-order valence-electron chi connectivity index (χ4n) is 21.4. The summed E-state index contributed by atoms with van der Waals surface area (Å²) in [6, 6.07) is 32.7. The lowest BCUT2D eigenvalue weighted by Crippen LogP contribution is -2.51. The van der Waals surface area contributed by atoms with Gasteiger partial charge in [-0.15, -0.1) is 0 Å². The summed E-state index contributed by atoms with van der Waals surface area (Å²) in [6.07, 6.45) is 13.5. The van der Waals surface area contributed by atoms with E-state index in [0.29, 0.717) is 118 Å². The van der Waals surface area contributed by atoms with Gasteiger partial charge in [-0.2, -0.15) is 0 Å². The molecule has 0 radical (unpaired) electrons. The molecule has 28 nitrogen and oxygen atoms in total. The third kappa shape index (κ3) is 36.0. The minimum atomic E-state index is -1.11. The Labute approximate surface area is 881 Å². The highest BCUT2D eigenvalue weighted by Crippen LogP contribution is 2.36. The van der Waals surface area contributed by atoms with Gasteiger partial charge in [-0.1, -0.05) is 96.9 Å². The molecule has 3 N–H and O–H groups in total. The second-order valence-corrected chi connectivity index (χ2v) is 45.2. The van der Waals surface area contributed by atoms with Gasteiger partial charge in [0.15, 0.2) is 0 Å². The molecule has 18 rings (SSSR count). The van der Waals surface area contributed by atoms with E-state index in [-0.39, 0.29) is 0 Å². The number of rotatable bonds is 24. The first-order chi connectivity index (χ1) is 70.6. The molecule has 11 aliphatic heterocycles. The van der Waals surface area contributed by atoms with Crippen LogP contribution >= 0.6 is 0 Å². The number of hydrogen-bond acceptors (Lipinski definition) is 28. The van der Waals surface area contributed by atoms with Crippen molar-refractivity contribution in [1.82, 2.24) is 69.2 Å². The molecule has 7 aromatic heterocycles. The summed E-state index contributed by atoms with van der Waals surface area (Å²) in [4.78, 5) is 65.6. The average Bonchev–Trinajstić information content (AvgIpc) is 0.811. The molecule has 3 unspecified atom stereocenters. The van der Waals surface area contributed by atoms with Gasteiger partial charge < -0.3 is 83.3 Å². The first kappa shape index (κ1) is 118. The van der Waals surface area contributed by atoms with Crippen LogP contribution in [0.5, 0.6) is 0 Å². The highest BCUT2D eigenvalue weighted by Gasteiger charge is 2.37. The SMILES string of the molecule is CC(C)c1ccc(N2CCC(F)C(O)C2)c(CN(C)C)n1.CC(C)c1ccc(N2CCC(N3CCOCC3)CC2)cn1.CC(C)c1ccc(N2CCCC(N3CCOCC3)C2)cn1.CC(C)c1ccc(N2CCC[C@@H](N3CCOCC3)C2)cn1.CC(C)c1ccc(N2CCC[C@H](N3CCOCC3)C2)cn1.CC(C)c1ccc(N2CC[C@@H](F)[C@H](O)C2)c(CN(C)C)n1.CC(C)c1ccc(N2CC[C@H](F)[C@H](O)C2)c(CN(C)C)n1. The van der Waals surface area contributed by atoms with Crippen LogP contribution < -0.4 is 34.3 Å². The molecule has 11 saturated heterocycles. The van der Waals surface area contributed by atoms with Crippen molar-refractivity contribution in [2.75, 3.05) is 273 Å². The maximum atomic E-state index is 13.4. The van der Waals surface area contributed by atoms with E-state index in [9.17, 15) is 28.5 Å². The highest BCUT2D eigenvalue weighted by molar-refractivity contribution is 5.56. The molecule has 147 heavy (non-hydrogen) atoms. The maximum absolute atomic E-state index is 13.4. The minimum Gasteiger partial charge on any atom is -0.388 e. The third-order valence-corrected chi connectivity index (χ3v) is 30.4. The van der Waals surface area contributed by atoms with Crippen molar-refractivity contribution in [1.29, 1.82) is 0 Å². The second-order valence-electron chi connectivity index (χ2n) is 45.2. The van der Waals surface area contributed by atoms with Crippen LogP contribution in [0.3, 0.4) is 0 Å². The Morgan fingerprint density at radius 1 is 0.265 bits per heavy atom. The molecule has 0 aromatic carbocycles. The van der Waals surface area contributed by atoms with E-state index in [2.05, 4.69) is 271 Å². The summed E-state index contributed by atoms with van der Waals surface area (Å²) >= 11 is 0. The topological polar surface area (TPSA) is 233 Å².